The van der Waals surface area contributed by atoms with Crippen molar-refractivity contribution in [3.05, 3.63) is 47.0 Å². The third-order valence-corrected chi connectivity index (χ3v) is 1.41. The van der Waals surface area contributed by atoms with Crippen molar-refractivity contribution in [2.24, 2.45) is 0 Å². The van der Waals surface area contributed by atoms with Gasteiger partial charge in [0.2, 0.25) is 5.82 Å². The number of benzene rings is 1. The molecule has 0 atom stereocenters. The first-order valence-corrected chi connectivity index (χ1v) is 3.10. The van der Waals surface area contributed by atoms with E-state index in [0.717, 1.165) is 0 Å². The molecule has 4 nitrogen and oxygen atoms in total. The Morgan fingerprint density at radius 3 is 1.24 bits per heavy atom. The van der Waals surface area contributed by atoms with Gasteiger partial charge in [0.25, 0.3) is 0 Å². The molecule has 0 aromatic heterocycles. The summed E-state index contributed by atoms with van der Waals surface area (Å²) in [7, 11) is 0. The first-order chi connectivity index (χ1) is 6.37. The molecule has 1 rings (SSSR count). The number of carboxylic acids is 1. The van der Waals surface area contributed by atoms with Crippen LogP contribution >= 0.6 is 0 Å². The molecule has 4 N–H and O–H groups in total. The number of rotatable bonds is 1. The minimum absolute atomic E-state index is 0. The van der Waals surface area contributed by atoms with E-state index in [2.05, 4.69) is 0 Å². The van der Waals surface area contributed by atoms with Gasteiger partial charge in [-0.1, -0.05) is 0 Å². The van der Waals surface area contributed by atoms with Crippen molar-refractivity contribution in [2.45, 2.75) is 0 Å². The second-order valence-corrected chi connectivity index (χ2v) is 2.23. The van der Waals surface area contributed by atoms with Crippen LogP contribution in [0.3, 0.4) is 0 Å². The van der Waals surface area contributed by atoms with Crippen molar-refractivity contribution in [2.75, 3.05) is 0 Å². The summed E-state index contributed by atoms with van der Waals surface area (Å²) < 4.78 is 62.0. The number of carbonyl (C=O) groups excluding carboxylic acids is 1. The monoisotopic (exact) mass is 302 g/mol. The molecule has 1 aromatic rings. The van der Waals surface area contributed by atoms with Crippen molar-refractivity contribution in [1.29, 1.82) is 0 Å². The van der Waals surface area contributed by atoms with E-state index in [1.54, 1.807) is 0 Å². The number of carbonyl (C=O) groups is 1. The van der Waals surface area contributed by atoms with E-state index in [4.69, 9.17) is 0 Å². The molecule has 0 amide bonds. The van der Waals surface area contributed by atoms with Gasteiger partial charge in [-0.3, -0.25) is 0 Å². The van der Waals surface area contributed by atoms with Crippen LogP contribution in [0.1, 0.15) is 10.4 Å². The van der Waals surface area contributed by atoms with Gasteiger partial charge in [-0.2, -0.15) is 0 Å². The predicted octanol–water partition coefficient (Wildman–Crippen LogP) is 2.18. The summed E-state index contributed by atoms with van der Waals surface area (Å²) in [6.45, 7) is 0. The summed E-state index contributed by atoms with van der Waals surface area (Å²) in [5, 5.41) is 10.0. The molecule has 0 unspecified atom stereocenters. The van der Waals surface area contributed by atoms with Gasteiger partial charge in [0, 0.05) is 0 Å². The van der Waals surface area contributed by atoms with Crippen molar-refractivity contribution in [1.82, 2.24) is 0 Å². The molecule has 1 aromatic carbocycles. The van der Waals surface area contributed by atoms with Crippen LogP contribution in [0.15, 0.2) is 0 Å². The molecule has 0 aliphatic carbocycles. The molecular weight excluding hydrogens is 298 g/mol. The average Bonchev–Trinajstić information content (AvgIpc) is 2.11. The maximum atomic E-state index is 12.5. The Balaban J connectivity index is -0.000000653. The van der Waals surface area contributed by atoms with E-state index in [1.807, 2.05) is 0 Å². The van der Waals surface area contributed by atoms with Gasteiger partial charge in [0.15, 0.2) is 23.3 Å². The molecule has 0 radical (unpaired) electrons. The van der Waals surface area contributed by atoms with Crippen LogP contribution in [0.4, 0.5) is 22.0 Å². The molecule has 10 heteroatoms. The van der Waals surface area contributed by atoms with Crippen LogP contribution < -0.4 is 5.11 Å². The molecule has 0 spiro atoms. The Bertz CT molecular complexity index is 400. The van der Waals surface area contributed by atoms with Gasteiger partial charge in [0.1, 0.15) is 0 Å². The van der Waals surface area contributed by atoms with E-state index in [0.29, 0.717) is 0 Å². The standard InChI is InChI=1S/C7HF5O2.Co.2H2N/c8-2-1(7(13)14)3(9)5(11)6(12)4(2)10;;;/h(H,13,14);;2*1H2/q;+3;2*-1/p-1. The number of carboxylic acid groups (broad SMARTS) is 1. The molecular formula is C7H4CoF5N2O2. The van der Waals surface area contributed by atoms with Gasteiger partial charge in [-0.15, -0.1) is 0 Å². The zero-order valence-corrected chi connectivity index (χ0v) is 8.74. The summed E-state index contributed by atoms with van der Waals surface area (Å²) in [6.07, 6.45) is 0. The van der Waals surface area contributed by atoms with E-state index in [-0.39, 0.29) is 29.1 Å². The summed E-state index contributed by atoms with van der Waals surface area (Å²) in [5.41, 5.74) is -1.97. The second kappa shape index (κ2) is 7.16. The largest absolute Gasteiger partial charge is 3.00 e. The molecule has 0 fully saturated rings. The fourth-order valence-electron chi connectivity index (χ4n) is 0.784. The van der Waals surface area contributed by atoms with E-state index in [1.165, 1.54) is 0 Å². The van der Waals surface area contributed by atoms with Crippen LogP contribution in [-0.4, -0.2) is 5.97 Å². The maximum Gasteiger partial charge on any atom is 3.00 e. The Labute approximate surface area is 102 Å². The number of hydrogen-bond donors (Lipinski definition) is 0. The van der Waals surface area contributed by atoms with Crippen molar-refractivity contribution < 1.29 is 48.6 Å². The third-order valence-electron chi connectivity index (χ3n) is 1.41. The Morgan fingerprint density at radius 2 is 1.00 bits per heavy atom. The van der Waals surface area contributed by atoms with E-state index >= 15 is 0 Å². The molecule has 0 aliphatic heterocycles. The molecule has 98 valence electrons. The summed E-state index contributed by atoms with van der Waals surface area (Å²) in [4.78, 5) is 10.0. The van der Waals surface area contributed by atoms with Crippen LogP contribution in [-0.2, 0) is 16.8 Å². The topological polar surface area (TPSA) is 107 Å². The second-order valence-electron chi connectivity index (χ2n) is 2.23. The van der Waals surface area contributed by atoms with Gasteiger partial charge >= 0.3 is 16.8 Å². The molecule has 0 bridgehead atoms. The maximum absolute atomic E-state index is 12.5. The zero-order valence-electron chi connectivity index (χ0n) is 7.69. The fourth-order valence-corrected chi connectivity index (χ4v) is 0.784. The van der Waals surface area contributed by atoms with Gasteiger partial charge in [0.05, 0.1) is 11.5 Å². The first-order valence-electron chi connectivity index (χ1n) is 3.10. The van der Waals surface area contributed by atoms with Gasteiger partial charge in [-0.25, -0.2) is 22.0 Å². The zero-order chi connectivity index (χ0) is 11.0. The van der Waals surface area contributed by atoms with Crippen molar-refractivity contribution in [3.8, 4) is 0 Å². The van der Waals surface area contributed by atoms with E-state index in [9.17, 15) is 31.9 Å². The Kier molecular flexibility index (Phi) is 8.89. The van der Waals surface area contributed by atoms with Crippen LogP contribution in [0.25, 0.3) is 12.3 Å². The molecule has 0 aliphatic rings. The number of halogens is 5. The van der Waals surface area contributed by atoms with Crippen LogP contribution in [0, 0.1) is 29.1 Å². The van der Waals surface area contributed by atoms with Gasteiger partial charge < -0.3 is 22.2 Å². The minimum atomic E-state index is -2.47. The van der Waals surface area contributed by atoms with Crippen molar-refractivity contribution >= 4 is 5.97 Å². The third kappa shape index (κ3) is 3.36. The van der Waals surface area contributed by atoms with E-state index < -0.39 is 40.6 Å². The predicted molar refractivity (Wildman–Crippen MR) is 41.1 cm³/mol. The molecule has 17 heavy (non-hydrogen) atoms. The van der Waals surface area contributed by atoms with Crippen molar-refractivity contribution in [3.63, 3.8) is 0 Å². The fraction of sp³-hybridized carbons (Fsp3) is 0. The summed E-state index contributed by atoms with van der Waals surface area (Å²) in [6, 6.07) is 0. The number of aromatic carboxylic acids is 1. The molecule has 0 saturated carbocycles. The first kappa shape index (κ1) is 21.1. The normalized spacial score (nSPS) is 8.53. The SMILES string of the molecule is O=C([O-])c1c(F)c(F)c(F)c(F)c1F.[Co+3].[NH2-].[NH2-]. The molecule has 0 heterocycles. The average molecular weight is 302 g/mol. The van der Waals surface area contributed by atoms with Crippen LogP contribution in [0.2, 0.25) is 0 Å². The summed E-state index contributed by atoms with van der Waals surface area (Å²) >= 11 is 0. The Morgan fingerprint density at radius 1 is 0.765 bits per heavy atom. The number of nitrogens with two attached hydrogens (primary N) is 2. The Hall–Kier alpha value is -1.23. The van der Waals surface area contributed by atoms with Gasteiger partial charge in [-0.05, 0) is 0 Å². The van der Waals surface area contributed by atoms with Crippen LogP contribution in [0.5, 0.6) is 0 Å². The number of hydrogen-bond acceptors (Lipinski definition) is 2. The minimum Gasteiger partial charge on any atom is -0.693 e. The smallest absolute Gasteiger partial charge is 0.693 e. The molecule has 0 saturated heterocycles. The quantitative estimate of drug-likeness (QED) is 0.450. The summed E-state index contributed by atoms with van der Waals surface area (Å²) in [5.74, 6) is -14.4.